The maximum Gasteiger partial charge on any atom is 0.131 e. The summed E-state index contributed by atoms with van der Waals surface area (Å²) in [5, 5.41) is 3.64. The molecule has 0 aliphatic heterocycles. The lowest BCUT2D eigenvalue weighted by Gasteiger charge is -2.15. The van der Waals surface area contributed by atoms with Crippen LogP contribution < -0.4 is 0 Å². The van der Waals surface area contributed by atoms with E-state index in [-0.39, 0.29) is 5.82 Å². The number of aromatic nitrogens is 1. The summed E-state index contributed by atoms with van der Waals surface area (Å²) >= 11 is 0. The van der Waals surface area contributed by atoms with E-state index in [1.807, 2.05) is 37.4 Å². The Morgan fingerprint density at radius 2 is 1.26 bits per heavy atom. The highest BCUT2D eigenvalue weighted by Gasteiger charge is 2.15. The third-order valence-electron chi connectivity index (χ3n) is 6.51. The van der Waals surface area contributed by atoms with Crippen LogP contribution >= 0.6 is 0 Å². The number of fused-ring (bicyclic) bond motifs is 3. The zero-order valence-corrected chi connectivity index (χ0v) is 18.8. The van der Waals surface area contributed by atoms with Crippen LogP contribution in [-0.2, 0) is 0 Å². The highest BCUT2D eigenvalue weighted by atomic mass is 19.1. The molecule has 1 nitrogen and oxygen atoms in total. The smallest absolute Gasteiger partial charge is 0.131 e. The fourth-order valence-corrected chi connectivity index (χ4v) is 4.94. The minimum absolute atomic E-state index is 0.186. The van der Waals surface area contributed by atoms with Gasteiger partial charge in [0.2, 0.25) is 0 Å². The van der Waals surface area contributed by atoms with Crippen molar-refractivity contribution in [2.24, 2.45) is 0 Å². The van der Waals surface area contributed by atoms with E-state index in [1.54, 1.807) is 6.07 Å². The van der Waals surface area contributed by atoms with Crippen LogP contribution in [0.5, 0.6) is 0 Å². The molecule has 5 aromatic carbocycles. The minimum Gasteiger partial charge on any atom is -0.256 e. The Hall–Kier alpha value is -4.30. The summed E-state index contributed by atoms with van der Waals surface area (Å²) < 4.78 is 14.6. The number of pyridine rings is 1. The van der Waals surface area contributed by atoms with Crippen LogP contribution in [0.1, 0.15) is 5.56 Å². The lowest BCUT2D eigenvalue weighted by Crippen LogP contribution is -1.92. The highest BCUT2D eigenvalue weighted by molar-refractivity contribution is 6.12. The average Bonchev–Trinajstić information content (AvgIpc) is 2.89. The van der Waals surface area contributed by atoms with Crippen LogP contribution in [0.2, 0.25) is 0 Å². The molecule has 0 bridgehead atoms. The maximum atomic E-state index is 14.6. The normalized spacial score (nSPS) is 11.2. The topological polar surface area (TPSA) is 12.9 Å². The molecule has 0 atom stereocenters. The Kier molecular flexibility index (Phi) is 4.92. The van der Waals surface area contributed by atoms with Crippen molar-refractivity contribution in [2.45, 2.75) is 6.92 Å². The number of nitrogens with zero attached hydrogens (tertiary/aromatic N) is 1. The van der Waals surface area contributed by atoms with E-state index < -0.39 is 0 Å². The van der Waals surface area contributed by atoms with Crippen molar-refractivity contribution < 1.29 is 4.39 Å². The van der Waals surface area contributed by atoms with Gasteiger partial charge >= 0.3 is 0 Å². The molecule has 0 N–H and O–H groups in total. The van der Waals surface area contributed by atoms with Crippen molar-refractivity contribution in [2.75, 3.05) is 0 Å². The van der Waals surface area contributed by atoms with Crippen molar-refractivity contribution in [3.63, 3.8) is 0 Å². The largest absolute Gasteiger partial charge is 0.256 e. The monoisotopic (exact) mass is 439 g/mol. The lowest BCUT2D eigenvalue weighted by atomic mass is 9.90. The van der Waals surface area contributed by atoms with Crippen molar-refractivity contribution in [3.05, 3.63) is 127 Å². The maximum absolute atomic E-state index is 14.6. The van der Waals surface area contributed by atoms with Crippen LogP contribution in [0, 0.1) is 12.7 Å². The first kappa shape index (κ1) is 20.3. The molecule has 0 aliphatic carbocycles. The number of halogens is 1. The fourth-order valence-electron chi connectivity index (χ4n) is 4.94. The van der Waals surface area contributed by atoms with Crippen LogP contribution in [0.3, 0.4) is 0 Å². The molecule has 6 aromatic rings. The van der Waals surface area contributed by atoms with Gasteiger partial charge in [-0.25, -0.2) is 4.39 Å². The number of hydrogen-bond donors (Lipinski definition) is 0. The summed E-state index contributed by atoms with van der Waals surface area (Å²) in [6, 6.07) is 36.8. The zero-order chi connectivity index (χ0) is 23.1. The molecule has 0 aliphatic rings. The second-order valence-electron chi connectivity index (χ2n) is 8.60. The predicted molar refractivity (Wildman–Crippen MR) is 140 cm³/mol. The van der Waals surface area contributed by atoms with Crippen molar-refractivity contribution in [1.29, 1.82) is 0 Å². The molecule has 2 heteroatoms. The Bertz CT molecular complexity index is 1650. The van der Waals surface area contributed by atoms with Gasteiger partial charge in [0, 0.05) is 22.5 Å². The second kappa shape index (κ2) is 8.24. The lowest BCUT2D eigenvalue weighted by molar-refractivity contribution is 0.639. The van der Waals surface area contributed by atoms with E-state index in [0.29, 0.717) is 5.39 Å². The Labute approximate surface area is 198 Å². The van der Waals surface area contributed by atoms with Crippen molar-refractivity contribution >= 4 is 21.5 Å². The molecule has 0 saturated heterocycles. The molecule has 34 heavy (non-hydrogen) atoms. The van der Waals surface area contributed by atoms with E-state index >= 15 is 0 Å². The minimum atomic E-state index is -0.186. The van der Waals surface area contributed by atoms with Gasteiger partial charge in [0.25, 0.3) is 0 Å². The van der Waals surface area contributed by atoms with Gasteiger partial charge < -0.3 is 0 Å². The van der Waals surface area contributed by atoms with Gasteiger partial charge in [-0.2, -0.15) is 0 Å². The molecule has 162 valence electrons. The van der Waals surface area contributed by atoms with E-state index in [0.717, 1.165) is 44.1 Å². The van der Waals surface area contributed by atoms with Gasteiger partial charge in [-0.15, -0.1) is 0 Å². The van der Waals surface area contributed by atoms with Crippen LogP contribution in [0.15, 0.2) is 115 Å². The third-order valence-corrected chi connectivity index (χ3v) is 6.51. The Balaban J connectivity index is 1.63. The summed E-state index contributed by atoms with van der Waals surface area (Å²) in [5.41, 5.74) is 7.54. The first-order valence-electron chi connectivity index (χ1n) is 11.4. The van der Waals surface area contributed by atoms with E-state index in [2.05, 4.69) is 72.8 Å². The highest BCUT2D eigenvalue weighted by Crippen LogP contribution is 2.39. The molecular weight excluding hydrogens is 417 g/mol. The first-order valence-corrected chi connectivity index (χ1v) is 11.4. The fraction of sp³-hybridized carbons (Fsp3) is 0.0312. The van der Waals surface area contributed by atoms with E-state index in [9.17, 15) is 4.39 Å². The van der Waals surface area contributed by atoms with Gasteiger partial charge in [-0.05, 0) is 69.8 Å². The summed E-state index contributed by atoms with van der Waals surface area (Å²) in [6.45, 7) is 1.97. The number of rotatable bonds is 3. The van der Waals surface area contributed by atoms with Gasteiger partial charge in [-0.3, -0.25) is 4.98 Å². The Morgan fingerprint density at radius 1 is 0.559 bits per heavy atom. The van der Waals surface area contributed by atoms with Gasteiger partial charge in [-0.1, -0.05) is 84.9 Å². The third kappa shape index (κ3) is 3.36. The molecule has 0 unspecified atom stereocenters. The van der Waals surface area contributed by atoms with Gasteiger partial charge in [0.15, 0.2) is 0 Å². The van der Waals surface area contributed by atoms with Crippen LogP contribution in [-0.4, -0.2) is 4.98 Å². The predicted octanol–water partition coefficient (Wildman–Crippen LogP) is 8.84. The summed E-state index contributed by atoms with van der Waals surface area (Å²) in [5.74, 6) is -0.186. The standard InChI is InChI=1S/C32H22FN/c1-21-19-29-26(27-13-8-14-30(33)31(21)27)17-18-34-32(29)24-15-16-25(22-9-4-2-5-10-22)28(20-24)23-11-6-3-7-12-23/h2-20H,1H3. The molecule has 0 radical (unpaired) electrons. The quantitative estimate of drug-likeness (QED) is 0.251. The van der Waals surface area contributed by atoms with Crippen LogP contribution in [0.4, 0.5) is 4.39 Å². The summed E-state index contributed by atoms with van der Waals surface area (Å²) in [7, 11) is 0. The molecular formula is C32H22FN. The molecule has 1 aromatic heterocycles. The van der Waals surface area contributed by atoms with E-state index in [4.69, 9.17) is 4.98 Å². The summed E-state index contributed by atoms with van der Waals surface area (Å²) in [6.07, 6.45) is 1.82. The molecule has 1 heterocycles. The number of benzene rings is 5. The summed E-state index contributed by atoms with van der Waals surface area (Å²) in [4.78, 5) is 4.79. The molecule has 0 spiro atoms. The average molecular weight is 440 g/mol. The van der Waals surface area contributed by atoms with Crippen molar-refractivity contribution in [3.8, 4) is 33.5 Å². The van der Waals surface area contributed by atoms with Gasteiger partial charge in [0.05, 0.1) is 5.69 Å². The number of hydrogen-bond acceptors (Lipinski definition) is 1. The molecule has 6 rings (SSSR count). The zero-order valence-electron chi connectivity index (χ0n) is 18.8. The Morgan fingerprint density at radius 3 is 2.00 bits per heavy atom. The van der Waals surface area contributed by atoms with Gasteiger partial charge in [0.1, 0.15) is 5.82 Å². The second-order valence-corrected chi connectivity index (χ2v) is 8.60. The first-order chi connectivity index (χ1) is 16.7. The van der Waals surface area contributed by atoms with Crippen LogP contribution in [0.25, 0.3) is 55.1 Å². The molecule has 0 amide bonds. The molecule has 0 fully saturated rings. The van der Waals surface area contributed by atoms with E-state index in [1.165, 1.54) is 17.2 Å². The van der Waals surface area contributed by atoms with Crippen molar-refractivity contribution in [1.82, 2.24) is 4.98 Å². The number of aryl methyl sites for hydroxylation is 1. The SMILES string of the molecule is Cc1cc2c(-c3ccc(-c4ccccc4)c(-c4ccccc4)c3)nccc2c2cccc(F)c12. The molecule has 0 saturated carbocycles.